The van der Waals surface area contributed by atoms with Crippen molar-refractivity contribution in [3.05, 3.63) is 29.3 Å². The molecule has 1 unspecified atom stereocenters. The summed E-state index contributed by atoms with van der Waals surface area (Å²) in [5.41, 5.74) is 0.385. The number of rotatable bonds is 8. The molecule has 0 fully saturated rings. The van der Waals surface area contributed by atoms with Crippen LogP contribution in [0.25, 0.3) is 0 Å². The van der Waals surface area contributed by atoms with Gasteiger partial charge in [-0.05, 0) is 20.8 Å². The fourth-order valence-corrected chi connectivity index (χ4v) is 2.43. The zero-order valence-corrected chi connectivity index (χ0v) is 14.9. The number of ether oxygens (including phenoxy) is 3. The van der Waals surface area contributed by atoms with E-state index < -0.39 is 0 Å². The Morgan fingerprint density at radius 2 is 1.96 bits per heavy atom. The lowest BCUT2D eigenvalue weighted by Crippen LogP contribution is -2.20. The van der Waals surface area contributed by atoms with Crippen molar-refractivity contribution in [2.45, 2.75) is 33.0 Å². The number of nitrogens with one attached hydrogen (secondary N) is 1. The Kier molecular flexibility index (Phi) is 6.51. The van der Waals surface area contributed by atoms with Gasteiger partial charge in [-0.2, -0.15) is 4.98 Å². The van der Waals surface area contributed by atoms with Crippen LogP contribution in [0.1, 0.15) is 31.1 Å². The van der Waals surface area contributed by atoms with E-state index in [-0.39, 0.29) is 18.1 Å². The number of hydrogen-bond acceptors (Lipinski definition) is 7. The fourth-order valence-electron chi connectivity index (χ4n) is 1.90. The summed E-state index contributed by atoms with van der Waals surface area (Å²) in [5, 5.41) is 5.04. The standard InChI is InChI=1S/C16H21N3O4S/c1-10(2)22-13-7-12(15(20)19-16-17-5-6-24-16)8-14(18-13)23-11(3)9-21-4/h5-8,10-11H,9H2,1-4H3,(H,17,19,20). The molecule has 1 N–H and O–H groups in total. The van der Waals surface area contributed by atoms with Gasteiger partial charge in [0.1, 0.15) is 6.10 Å². The van der Waals surface area contributed by atoms with Crippen LogP contribution in [0.5, 0.6) is 11.8 Å². The molecule has 0 spiro atoms. The van der Waals surface area contributed by atoms with Gasteiger partial charge in [0.25, 0.3) is 5.91 Å². The third-order valence-electron chi connectivity index (χ3n) is 2.77. The first kappa shape index (κ1) is 18.2. The zero-order chi connectivity index (χ0) is 17.5. The van der Waals surface area contributed by atoms with Crippen molar-refractivity contribution >= 4 is 22.4 Å². The first-order chi connectivity index (χ1) is 11.5. The van der Waals surface area contributed by atoms with E-state index in [1.54, 1.807) is 30.8 Å². The molecule has 2 aromatic rings. The first-order valence-corrected chi connectivity index (χ1v) is 8.41. The zero-order valence-electron chi connectivity index (χ0n) is 14.1. The number of methoxy groups -OCH3 is 1. The smallest absolute Gasteiger partial charge is 0.257 e. The van der Waals surface area contributed by atoms with Crippen molar-refractivity contribution in [3.8, 4) is 11.8 Å². The summed E-state index contributed by atoms with van der Waals surface area (Å²) >= 11 is 1.34. The van der Waals surface area contributed by atoms with Crippen molar-refractivity contribution in [3.63, 3.8) is 0 Å². The molecule has 0 saturated carbocycles. The van der Waals surface area contributed by atoms with Crippen LogP contribution in [-0.4, -0.2) is 41.8 Å². The molecule has 0 aliphatic heterocycles. The van der Waals surface area contributed by atoms with E-state index in [1.165, 1.54) is 11.3 Å². The summed E-state index contributed by atoms with van der Waals surface area (Å²) in [6.07, 6.45) is 1.35. The predicted octanol–water partition coefficient (Wildman–Crippen LogP) is 2.99. The highest BCUT2D eigenvalue weighted by Gasteiger charge is 2.15. The van der Waals surface area contributed by atoms with Crippen molar-refractivity contribution < 1.29 is 19.0 Å². The van der Waals surface area contributed by atoms with Gasteiger partial charge in [0.05, 0.1) is 18.3 Å². The summed E-state index contributed by atoms with van der Waals surface area (Å²) < 4.78 is 16.3. The quantitative estimate of drug-likeness (QED) is 0.787. The number of carbonyl (C=O) groups is 1. The lowest BCUT2D eigenvalue weighted by molar-refractivity contribution is 0.0876. The normalized spacial score (nSPS) is 12.0. The lowest BCUT2D eigenvalue weighted by Gasteiger charge is -2.16. The molecular weight excluding hydrogens is 330 g/mol. The summed E-state index contributed by atoms with van der Waals surface area (Å²) in [6.45, 7) is 6.05. The molecule has 0 aromatic carbocycles. The SMILES string of the molecule is COCC(C)Oc1cc(C(=O)Nc2nccs2)cc(OC(C)C)n1. The van der Waals surface area contributed by atoms with Crippen molar-refractivity contribution in [2.75, 3.05) is 19.0 Å². The number of nitrogens with zero attached hydrogens (tertiary/aromatic N) is 2. The Labute approximate surface area is 145 Å². The summed E-state index contributed by atoms with van der Waals surface area (Å²) in [7, 11) is 1.60. The van der Waals surface area contributed by atoms with Gasteiger partial charge in [-0.15, -0.1) is 11.3 Å². The van der Waals surface area contributed by atoms with E-state index in [9.17, 15) is 4.79 Å². The van der Waals surface area contributed by atoms with Crippen molar-refractivity contribution in [1.29, 1.82) is 0 Å². The molecule has 7 nitrogen and oxygen atoms in total. The maximum absolute atomic E-state index is 12.4. The van der Waals surface area contributed by atoms with E-state index in [4.69, 9.17) is 14.2 Å². The average Bonchev–Trinajstić information content (AvgIpc) is 2.99. The number of hydrogen-bond donors (Lipinski definition) is 1. The molecule has 2 rings (SSSR count). The monoisotopic (exact) mass is 351 g/mol. The third kappa shape index (κ3) is 5.47. The highest BCUT2D eigenvalue weighted by Crippen LogP contribution is 2.21. The Hall–Kier alpha value is -2.19. The van der Waals surface area contributed by atoms with Gasteiger partial charge in [0.15, 0.2) is 5.13 Å². The van der Waals surface area contributed by atoms with Gasteiger partial charge < -0.3 is 14.2 Å². The minimum atomic E-state index is -0.301. The Bertz CT molecular complexity index is 661. The molecule has 2 heterocycles. The van der Waals surface area contributed by atoms with E-state index in [0.717, 1.165) is 0 Å². The van der Waals surface area contributed by atoms with Crippen LogP contribution in [-0.2, 0) is 4.74 Å². The van der Waals surface area contributed by atoms with E-state index in [2.05, 4.69) is 15.3 Å². The highest BCUT2D eigenvalue weighted by atomic mass is 32.1. The molecule has 24 heavy (non-hydrogen) atoms. The Morgan fingerprint density at radius 1 is 1.25 bits per heavy atom. The highest BCUT2D eigenvalue weighted by molar-refractivity contribution is 7.13. The largest absolute Gasteiger partial charge is 0.475 e. The molecule has 8 heteroatoms. The fraction of sp³-hybridized carbons (Fsp3) is 0.438. The second kappa shape index (κ2) is 8.60. The lowest BCUT2D eigenvalue weighted by atomic mass is 10.2. The second-order valence-corrected chi connectivity index (χ2v) is 6.27. The van der Waals surface area contributed by atoms with Crippen LogP contribution >= 0.6 is 11.3 Å². The topological polar surface area (TPSA) is 82.6 Å². The molecular formula is C16H21N3O4S. The molecule has 1 amide bonds. The average molecular weight is 351 g/mol. The first-order valence-electron chi connectivity index (χ1n) is 7.53. The minimum absolute atomic E-state index is 0.0703. The van der Waals surface area contributed by atoms with Crippen molar-refractivity contribution in [2.24, 2.45) is 0 Å². The number of anilines is 1. The van der Waals surface area contributed by atoms with Crippen molar-refractivity contribution in [1.82, 2.24) is 9.97 Å². The Morgan fingerprint density at radius 3 is 2.54 bits per heavy atom. The van der Waals surface area contributed by atoms with Gasteiger partial charge >= 0.3 is 0 Å². The summed E-state index contributed by atoms with van der Waals surface area (Å²) in [6, 6.07) is 3.15. The number of aromatic nitrogens is 2. The number of thiazole rings is 1. The number of pyridine rings is 1. The minimum Gasteiger partial charge on any atom is -0.475 e. The molecule has 0 radical (unpaired) electrons. The van der Waals surface area contributed by atoms with Gasteiger partial charge in [-0.1, -0.05) is 0 Å². The molecule has 0 saturated heterocycles. The molecule has 0 aliphatic carbocycles. The van der Waals surface area contributed by atoms with Gasteiger partial charge in [-0.25, -0.2) is 4.98 Å². The van der Waals surface area contributed by atoms with E-state index in [0.29, 0.717) is 29.1 Å². The predicted molar refractivity (Wildman–Crippen MR) is 92.0 cm³/mol. The molecule has 2 aromatic heterocycles. The van der Waals surface area contributed by atoms with Gasteiger partial charge in [-0.3, -0.25) is 10.1 Å². The Balaban J connectivity index is 2.22. The van der Waals surface area contributed by atoms with Gasteiger partial charge in [0.2, 0.25) is 11.8 Å². The van der Waals surface area contributed by atoms with Crippen LogP contribution in [0.3, 0.4) is 0 Å². The molecule has 0 bridgehead atoms. The van der Waals surface area contributed by atoms with Crippen LogP contribution in [0.15, 0.2) is 23.7 Å². The number of amides is 1. The van der Waals surface area contributed by atoms with E-state index >= 15 is 0 Å². The van der Waals surface area contributed by atoms with Gasteiger partial charge in [0, 0.05) is 30.8 Å². The summed E-state index contributed by atoms with van der Waals surface area (Å²) in [5.74, 6) is 0.337. The third-order valence-corrected chi connectivity index (χ3v) is 3.46. The van der Waals surface area contributed by atoms with Crippen LogP contribution in [0.2, 0.25) is 0 Å². The van der Waals surface area contributed by atoms with Crippen LogP contribution in [0.4, 0.5) is 5.13 Å². The molecule has 1 atom stereocenters. The summed E-state index contributed by atoms with van der Waals surface area (Å²) in [4.78, 5) is 20.7. The maximum atomic E-state index is 12.4. The molecule has 0 aliphatic rings. The number of carbonyl (C=O) groups excluding carboxylic acids is 1. The maximum Gasteiger partial charge on any atom is 0.257 e. The van der Waals surface area contributed by atoms with Crippen LogP contribution < -0.4 is 14.8 Å². The van der Waals surface area contributed by atoms with Crippen LogP contribution in [0, 0.1) is 0 Å². The molecule has 130 valence electrons. The second-order valence-electron chi connectivity index (χ2n) is 5.37. The van der Waals surface area contributed by atoms with E-state index in [1.807, 2.05) is 20.8 Å².